The van der Waals surface area contributed by atoms with E-state index in [1.165, 1.54) is 44.1 Å². The van der Waals surface area contributed by atoms with Crippen molar-refractivity contribution in [1.82, 2.24) is 24.1 Å². The Kier molecular flexibility index (Phi) is 5.43. The van der Waals surface area contributed by atoms with Crippen LogP contribution in [0, 0.1) is 0 Å². The predicted octanol–water partition coefficient (Wildman–Crippen LogP) is 9.28. The lowest BCUT2D eigenvalue weighted by Gasteiger charge is -2.41. The number of fused-ring (bicyclic) bond motifs is 5. The van der Waals surface area contributed by atoms with E-state index in [1.807, 2.05) is 12.4 Å². The van der Waals surface area contributed by atoms with Crippen molar-refractivity contribution in [3.63, 3.8) is 0 Å². The highest BCUT2D eigenvalue weighted by molar-refractivity contribution is 6.09. The molecule has 1 aliphatic rings. The van der Waals surface area contributed by atoms with Crippen LogP contribution in [-0.4, -0.2) is 24.1 Å². The van der Waals surface area contributed by atoms with Gasteiger partial charge in [-0.3, -0.25) is 4.57 Å². The zero-order valence-corrected chi connectivity index (χ0v) is 25.3. The number of rotatable bonds is 4. The lowest BCUT2D eigenvalue weighted by atomic mass is 9.63. The summed E-state index contributed by atoms with van der Waals surface area (Å²) in [6.07, 6.45) is 5.26. The van der Waals surface area contributed by atoms with Gasteiger partial charge in [0.15, 0.2) is 0 Å². The molecule has 5 nitrogen and oxygen atoms in total. The SMILES string of the molecule is c1ccc(C2(c3ccccc3)c3cc(-n4c5ccccc5c5ccccc54)ccc3-n3c(-c4cncnc4)nc4cccc2c43)cc1. The zero-order chi connectivity index (χ0) is 31.0. The number of benzene rings is 6. The van der Waals surface area contributed by atoms with Crippen LogP contribution in [-0.2, 0) is 5.41 Å². The van der Waals surface area contributed by atoms with Crippen LogP contribution in [0.5, 0.6) is 0 Å². The molecule has 220 valence electrons. The van der Waals surface area contributed by atoms with E-state index < -0.39 is 5.41 Å². The fourth-order valence-electron chi connectivity index (χ4n) is 7.94. The summed E-state index contributed by atoms with van der Waals surface area (Å²) in [7, 11) is 0. The first kappa shape index (κ1) is 25.9. The van der Waals surface area contributed by atoms with Gasteiger partial charge in [-0.15, -0.1) is 0 Å². The maximum Gasteiger partial charge on any atom is 0.148 e. The van der Waals surface area contributed by atoms with Crippen LogP contribution in [0.1, 0.15) is 22.3 Å². The fourth-order valence-corrected chi connectivity index (χ4v) is 7.94. The topological polar surface area (TPSA) is 48.5 Å². The van der Waals surface area contributed by atoms with Gasteiger partial charge in [0.2, 0.25) is 0 Å². The van der Waals surface area contributed by atoms with Gasteiger partial charge >= 0.3 is 0 Å². The maximum absolute atomic E-state index is 5.24. The van der Waals surface area contributed by atoms with E-state index in [2.05, 4.69) is 165 Å². The molecule has 0 amide bonds. The van der Waals surface area contributed by atoms with Crippen LogP contribution in [0.3, 0.4) is 0 Å². The van der Waals surface area contributed by atoms with Crippen LogP contribution < -0.4 is 0 Å². The molecule has 0 saturated carbocycles. The zero-order valence-electron chi connectivity index (χ0n) is 25.3. The summed E-state index contributed by atoms with van der Waals surface area (Å²) in [6.45, 7) is 0. The maximum atomic E-state index is 5.24. The van der Waals surface area contributed by atoms with E-state index >= 15 is 0 Å². The molecule has 4 heterocycles. The van der Waals surface area contributed by atoms with Crippen molar-refractivity contribution >= 4 is 32.8 Å². The normalized spacial score (nSPS) is 13.3. The summed E-state index contributed by atoms with van der Waals surface area (Å²) >= 11 is 0. The molecule has 0 fully saturated rings. The third-order valence-electron chi connectivity index (χ3n) is 9.78. The number of hydrogen-bond donors (Lipinski definition) is 0. The number of hydrogen-bond acceptors (Lipinski definition) is 3. The van der Waals surface area contributed by atoms with Crippen LogP contribution in [0.2, 0.25) is 0 Å². The Labute approximate surface area is 271 Å². The van der Waals surface area contributed by atoms with Gasteiger partial charge in [0, 0.05) is 28.9 Å². The molecule has 47 heavy (non-hydrogen) atoms. The van der Waals surface area contributed by atoms with Crippen molar-refractivity contribution in [2.45, 2.75) is 5.41 Å². The Balaban J connectivity index is 1.40. The number of aromatic nitrogens is 5. The smallest absolute Gasteiger partial charge is 0.148 e. The molecular formula is C42H27N5. The molecule has 0 N–H and O–H groups in total. The van der Waals surface area contributed by atoms with Gasteiger partial charge in [-0.05, 0) is 58.7 Å². The average Bonchev–Trinajstić information content (AvgIpc) is 3.70. The molecule has 0 spiro atoms. The third-order valence-corrected chi connectivity index (χ3v) is 9.78. The van der Waals surface area contributed by atoms with E-state index in [1.54, 1.807) is 6.33 Å². The van der Waals surface area contributed by atoms with E-state index in [-0.39, 0.29) is 0 Å². The minimum absolute atomic E-state index is 0.618. The molecule has 5 heteroatoms. The van der Waals surface area contributed by atoms with Crippen LogP contribution in [0.15, 0.2) is 164 Å². The average molecular weight is 602 g/mol. The lowest BCUT2D eigenvalue weighted by molar-refractivity contribution is 0.724. The molecule has 6 aromatic carbocycles. The second kappa shape index (κ2) is 9.83. The van der Waals surface area contributed by atoms with Crippen molar-refractivity contribution in [1.29, 1.82) is 0 Å². The van der Waals surface area contributed by atoms with Crippen molar-refractivity contribution in [2.75, 3.05) is 0 Å². The first-order chi connectivity index (χ1) is 23.3. The molecule has 9 aromatic rings. The summed E-state index contributed by atoms with van der Waals surface area (Å²) < 4.78 is 4.72. The molecular weight excluding hydrogens is 574 g/mol. The number of para-hydroxylation sites is 3. The second-order valence-corrected chi connectivity index (χ2v) is 12.1. The van der Waals surface area contributed by atoms with Gasteiger partial charge in [0.25, 0.3) is 0 Å². The standard InChI is InChI=1S/C42H27N5/c1-3-12-29(13-4-1)42(30-14-5-2-6-15-30)34-18-11-19-36-40(34)47(41(45-36)28-25-43-27-44-26-28)39-23-22-31(24-35(39)42)46-37-20-9-7-16-32(37)33-17-8-10-21-38(33)46/h1-27H. The van der Waals surface area contributed by atoms with Crippen molar-refractivity contribution in [3.05, 3.63) is 187 Å². The highest BCUT2D eigenvalue weighted by Gasteiger charge is 2.45. The van der Waals surface area contributed by atoms with Gasteiger partial charge in [0.1, 0.15) is 12.2 Å². The Morgan fingerprint density at radius 3 is 1.79 bits per heavy atom. The quantitative estimate of drug-likeness (QED) is 0.202. The summed E-state index contributed by atoms with van der Waals surface area (Å²) in [5.41, 5.74) is 11.6. The molecule has 0 aliphatic carbocycles. The van der Waals surface area contributed by atoms with Gasteiger partial charge in [-0.2, -0.15) is 0 Å². The molecule has 0 radical (unpaired) electrons. The Morgan fingerprint density at radius 2 is 1.13 bits per heavy atom. The number of imidazole rings is 1. The first-order valence-electron chi connectivity index (χ1n) is 15.9. The summed E-state index contributed by atoms with van der Waals surface area (Å²) in [4.78, 5) is 14.0. The summed E-state index contributed by atoms with van der Waals surface area (Å²) in [6, 6.07) is 52.7. The number of nitrogens with zero attached hydrogens (tertiary/aromatic N) is 5. The Morgan fingerprint density at radius 1 is 0.511 bits per heavy atom. The van der Waals surface area contributed by atoms with Crippen LogP contribution in [0.25, 0.3) is 55.6 Å². The summed E-state index contributed by atoms with van der Waals surface area (Å²) in [5, 5.41) is 2.48. The van der Waals surface area contributed by atoms with E-state index in [4.69, 9.17) is 4.98 Å². The van der Waals surface area contributed by atoms with Gasteiger partial charge in [-0.25, -0.2) is 15.0 Å². The van der Waals surface area contributed by atoms with Crippen LogP contribution >= 0.6 is 0 Å². The van der Waals surface area contributed by atoms with Gasteiger partial charge < -0.3 is 4.57 Å². The highest BCUT2D eigenvalue weighted by atomic mass is 15.1. The minimum Gasteiger partial charge on any atom is -0.309 e. The van der Waals surface area contributed by atoms with E-state index in [9.17, 15) is 0 Å². The lowest BCUT2D eigenvalue weighted by Crippen LogP contribution is -2.35. The van der Waals surface area contributed by atoms with Gasteiger partial charge in [-0.1, -0.05) is 109 Å². The second-order valence-electron chi connectivity index (χ2n) is 12.1. The predicted molar refractivity (Wildman–Crippen MR) is 188 cm³/mol. The minimum atomic E-state index is -0.618. The molecule has 1 aliphatic heterocycles. The van der Waals surface area contributed by atoms with Crippen LogP contribution in [0.4, 0.5) is 0 Å². The Bertz CT molecular complexity index is 2530. The third kappa shape index (κ3) is 3.51. The molecule has 0 atom stereocenters. The summed E-state index contributed by atoms with van der Waals surface area (Å²) in [5.74, 6) is 0.827. The fraction of sp³-hybridized carbons (Fsp3) is 0.0238. The highest BCUT2D eigenvalue weighted by Crippen LogP contribution is 2.54. The van der Waals surface area contributed by atoms with Crippen molar-refractivity contribution in [3.8, 4) is 22.8 Å². The van der Waals surface area contributed by atoms with E-state index in [0.717, 1.165) is 33.8 Å². The molecule has 3 aromatic heterocycles. The molecule has 10 rings (SSSR count). The molecule has 0 unspecified atom stereocenters. The van der Waals surface area contributed by atoms with Crippen molar-refractivity contribution in [2.24, 2.45) is 0 Å². The largest absolute Gasteiger partial charge is 0.309 e. The van der Waals surface area contributed by atoms with E-state index in [0.29, 0.717) is 0 Å². The molecule has 0 bridgehead atoms. The first-order valence-corrected chi connectivity index (χ1v) is 15.9. The van der Waals surface area contributed by atoms with Gasteiger partial charge in [0.05, 0.1) is 38.7 Å². The monoisotopic (exact) mass is 601 g/mol. The van der Waals surface area contributed by atoms with Crippen molar-refractivity contribution < 1.29 is 0 Å². The Hall–Kier alpha value is -6.33. The molecule has 0 saturated heterocycles.